The van der Waals surface area contributed by atoms with Crippen LogP contribution in [0.3, 0.4) is 0 Å². The maximum absolute atomic E-state index is 11.8. The topological polar surface area (TPSA) is 336 Å². The molecular formula is C26H45NO20. The van der Waals surface area contributed by atoms with Crippen molar-refractivity contribution in [1.82, 2.24) is 5.32 Å². The smallest absolute Gasteiger partial charge is 0.217 e. The Bertz CT molecular complexity index is 1010. The summed E-state index contributed by atoms with van der Waals surface area (Å²) in [5.74, 6) is -0.679. The largest absolute Gasteiger partial charge is 0.394 e. The summed E-state index contributed by atoms with van der Waals surface area (Å²) in [6, 6.07) is -1.47. The second-order valence-corrected chi connectivity index (χ2v) is 11.9. The third kappa shape index (κ3) is 8.20. The van der Waals surface area contributed by atoms with Crippen LogP contribution in [0.1, 0.15) is 13.8 Å². The van der Waals surface area contributed by atoms with Crippen molar-refractivity contribution in [3.63, 3.8) is 0 Å². The minimum absolute atomic E-state index is 0.673. The van der Waals surface area contributed by atoms with Gasteiger partial charge in [0.25, 0.3) is 0 Å². The Morgan fingerprint density at radius 2 is 1.17 bits per heavy atom. The summed E-state index contributed by atoms with van der Waals surface area (Å²) in [7, 11) is 0. The Hall–Kier alpha value is -1.29. The molecular weight excluding hydrogens is 646 g/mol. The van der Waals surface area contributed by atoms with Gasteiger partial charge in [-0.05, 0) is 6.92 Å². The zero-order valence-corrected chi connectivity index (χ0v) is 25.3. The van der Waals surface area contributed by atoms with E-state index in [1.807, 2.05) is 0 Å². The predicted molar refractivity (Wildman–Crippen MR) is 144 cm³/mol. The van der Waals surface area contributed by atoms with Crippen molar-refractivity contribution in [3.8, 4) is 0 Å². The van der Waals surface area contributed by atoms with E-state index in [9.17, 15) is 66.1 Å². The van der Waals surface area contributed by atoms with E-state index >= 15 is 0 Å². The minimum Gasteiger partial charge on any atom is -0.394 e. The number of rotatable bonds is 10. The third-order valence-electron chi connectivity index (χ3n) is 8.55. The lowest BCUT2D eigenvalue weighted by molar-refractivity contribution is -0.380. The van der Waals surface area contributed by atoms with Crippen molar-refractivity contribution in [1.29, 1.82) is 0 Å². The van der Waals surface area contributed by atoms with E-state index in [1.165, 1.54) is 6.92 Å². The van der Waals surface area contributed by atoms with E-state index in [0.717, 1.165) is 6.92 Å². The van der Waals surface area contributed by atoms with Crippen LogP contribution >= 0.6 is 0 Å². The number of hydrogen-bond acceptors (Lipinski definition) is 20. The molecule has 0 spiro atoms. The lowest BCUT2D eigenvalue weighted by Crippen LogP contribution is -2.68. The van der Waals surface area contributed by atoms with Gasteiger partial charge in [-0.25, -0.2) is 0 Å². The van der Waals surface area contributed by atoms with E-state index < -0.39 is 148 Å². The van der Waals surface area contributed by atoms with E-state index in [2.05, 4.69) is 5.32 Å². The molecule has 4 rings (SSSR count). The lowest BCUT2D eigenvalue weighted by atomic mass is 9.95. The molecule has 47 heavy (non-hydrogen) atoms. The number of aliphatic hydroxyl groups excluding tert-OH is 12. The van der Waals surface area contributed by atoms with Gasteiger partial charge < -0.3 is 99.8 Å². The first-order valence-corrected chi connectivity index (χ1v) is 14.9. The van der Waals surface area contributed by atoms with Gasteiger partial charge in [-0.15, -0.1) is 0 Å². The summed E-state index contributed by atoms with van der Waals surface area (Å²) in [5.41, 5.74) is 0. The van der Waals surface area contributed by atoms with Gasteiger partial charge in [0.2, 0.25) is 5.91 Å². The Morgan fingerprint density at radius 1 is 0.596 bits per heavy atom. The summed E-state index contributed by atoms with van der Waals surface area (Å²) >= 11 is 0. The monoisotopic (exact) mass is 691 g/mol. The molecule has 0 bridgehead atoms. The first-order chi connectivity index (χ1) is 22.1. The van der Waals surface area contributed by atoms with Crippen LogP contribution in [0.15, 0.2) is 0 Å². The molecule has 0 aliphatic carbocycles. The maximum atomic E-state index is 11.8. The van der Waals surface area contributed by atoms with Crippen LogP contribution in [-0.4, -0.2) is 210 Å². The zero-order chi connectivity index (χ0) is 34.9. The molecule has 0 aromatic carbocycles. The minimum atomic E-state index is -2.02. The van der Waals surface area contributed by atoms with E-state index in [1.54, 1.807) is 0 Å². The Balaban J connectivity index is 1.52. The molecule has 4 fully saturated rings. The first kappa shape index (κ1) is 38.5. The van der Waals surface area contributed by atoms with Crippen LogP contribution in [0.2, 0.25) is 0 Å². The molecule has 20 atom stereocenters. The second kappa shape index (κ2) is 16.2. The van der Waals surface area contributed by atoms with Crippen LogP contribution in [0, 0.1) is 0 Å². The molecule has 21 heteroatoms. The quantitative estimate of drug-likeness (QED) is 0.101. The van der Waals surface area contributed by atoms with Gasteiger partial charge in [0.1, 0.15) is 91.5 Å². The number of carbonyl (C=O) groups excluding carboxylic acids is 1. The molecule has 13 N–H and O–H groups in total. The average molecular weight is 692 g/mol. The number of ether oxygens (including phenoxy) is 7. The van der Waals surface area contributed by atoms with Gasteiger partial charge in [-0.3, -0.25) is 4.79 Å². The molecule has 4 heterocycles. The van der Waals surface area contributed by atoms with E-state index in [-0.39, 0.29) is 0 Å². The molecule has 0 radical (unpaired) electrons. The summed E-state index contributed by atoms with van der Waals surface area (Å²) in [6.45, 7) is 0.242. The summed E-state index contributed by atoms with van der Waals surface area (Å²) in [4.78, 5) is 11.8. The molecule has 0 aromatic heterocycles. The number of aliphatic hydroxyl groups is 12. The van der Waals surface area contributed by atoms with Gasteiger partial charge in [-0.1, -0.05) is 0 Å². The van der Waals surface area contributed by atoms with Gasteiger partial charge >= 0.3 is 0 Å². The third-order valence-corrected chi connectivity index (χ3v) is 8.55. The molecule has 0 unspecified atom stereocenters. The van der Waals surface area contributed by atoms with Crippen LogP contribution in [0.25, 0.3) is 0 Å². The Morgan fingerprint density at radius 3 is 1.77 bits per heavy atom. The van der Waals surface area contributed by atoms with E-state index in [4.69, 9.17) is 33.2 Å². The second-order valence-electron chi connectivity index (χ2n) is 11.9. The summed E-state index contributed by atoms with van der Waals surface area (Å²) < 4.78 is 38.7. The van der Waals surface area contributed by atoms with Crippen LogP contribution in [-0.2, 0) is 38.0 Å². The van der Waals surface area contributed by atoms with Crippen LogP contribution in [0.4, 0.5) is 0 Å². The highest BCUT2D eigenvalue weighted by Crippen LogP contribution is 2.33. The summed E-state index contributed by atoms with van der Waals surface area (Å²) in [5, 5.41) is 126. The normalized spacial score (nSPS) is 51.0. The molecule has 4 aliphatic rings. The number of nitrogens with one attached hydrogen (secondary N) is 1. The van der Waals surface area contributed by atoms with Crippen molar-refractivity contribution in [2.24, 2.45) is 0 Å². The van der Waals surface area contributed by atoms with Crippen molar-refractivity contribution in [2.45, 2.75) is 137 Å². The van der Waals surface area contributed by atoms with Gasteiger partial charge in [0.05, 0.1) is 25.9 Å². The first-order valence-electron chi connectivity index (χ1n) is 14.9. The van der Waals surface area contributed by atoms with Crippen molar-refractivity contribution in [3.05, 3.63) is 0 Å². The summed E-state index contributed by atoms with van der Waals surface area (Å²) in [6.07, 6.45) is -31.9. The van der Waals surface area contributed by atoms with Gasteiger partial charge in [0, 0.05) is 6.92 Å². The standard InChI is InChI=1S/C26H45NO20/c1-6-12(31)18(37)22(47-24-11(27-7(2)30)16(35)13(32)8(3-28)44-24)26(42-6)46-21-15(34)10(43-23(40)20(21)39)5-41-25-19(38)17(36)14(33)9(4-29)45-25/h6,8-26,28-29,31-40H,3-5H2,1-2H3,(H,27,30)/t6-,8-,9-,10-,11-,12-,13-,14-,15-,16-,17+,18+,19+,20+,21+,22+,23-,24+,25+,26-/m1/s1. The maximum Gasteiger partial charge on any atom is 0.217 e. The molecule has 1 amide bonds. The molecule has 0 saturated carbocycles. The lowest BCUT2D eigenvalue weighted by Gasteiger charge is -2.48. The highest BCUT2D eigenvalue weighted by molar-refractivity contribution is 5.73. The fourth-order valence-corrected chi connectivity index (χ4v) is 5.76. The van der Waals surface area contributed by atoms with Crippen molar-refractivity contribution in [2.75, 3.05) is 19.8 Å². The molecule has 4 saturated heterocycles. The van der Waals surface area contributed by atoms with Crippen LogP contribution < -0.4 is 5.32 Å². The number of amides is 1. The van der Waals surface area contributed by atoms with Crippen molar-refractivity contribution >= 4 is 5.91 Å². The number of carbonyl (C=O) groups is 1. The fourth-order valence-electron chi connectivity index (χ4n) is 5.76. The fraction of sp³-hybridized carbons (Fsp3) is 0.962. The molecule has 4 aliphatic heterocycles. The van der Waals surface area contributed by atoms with Gasteiger partial charge in [0.15, 0.2) is 25.2 Å². The van der Waals surface area contributed by atoms with Gasteiger partial charge in [-0.2, -0.15) is 0 Å². The molecule has 0 aromatic rings. The highest BCUT2D eigenvalue weighted by atomic mass is 16.8. The highest BCUT2D eigenvalue weighted by Gasteiger charge is 2.54. The number of hydrogen-bond donors (Lipinski definition) is 13. The van der Waals surface area contributed by atoms with Crippen molar-refractivity contribution < 1.29 is 99.2 Å². The SMILES string of the molecule is CC(=O)N[C@H]1[C@H](O[C@@H]2[C@@H](O[C@@H]3[C@H](O)[C@H](O)O[C@H](CO[C@H]4O[C@H](CO)[C@@H](O)[C@H](O)[C@@H]4O)[C@H]3O)O[C@H](C)[C@@H](O)[C@@H]2O)O[C@H](CO)[C@@H](O)[C@@H]1O. The Kier molecular flexibility index (Phi) is 13.2. The Labute approximate surface area is 267 Å². The molecule has 21 nitrogen and oxygen atoms in total. The zero-order valence-electron chi connectivity index (χ0n) is 25.3. The van der Waals surface area contributed by atoms with Crippen LogP contribution in [0.5, 0.6) is 0 Å². The average Bonchev–Trinajstić information content (AvgIpc) is 3.03. The predicted octanol–water partition coefficient (Wildman–Crippen LogP) is -8.58. The van der Waals surface area contributed by atoms with E-state index in [0.29, 0.717) is 0 Å². The molecule has 274 valence electrons.